The number of hydrogen-bond acceptors (Lipinski definition) is 4. The Morgan fingerprint density at radius 1 is 0.920 bits per heavy atom. The molecule has 2 rings (SSSR count). The SMILES string of the molecule is COc1cc(NC(=O)C(=O)Nc2c(C)cccc2C)c(OC)cc1Cl. The van der Waals surface area contributed by atoms with Crippen molar-refractivity contribution in [1.82, 2.24) is 0 Å². The summed E-state index contributed by atoms with van der Waals surface area (Å²) in [4.78, 5) is 24.5. The van der Waals surface area contributed by atoms with Crippen molar-refractivity contribution in [1.29, 1.82) is 0 Å². The molecule has 2 aromatic carbocycles. The van der Waals surface area contributed by atoms with E-state index in [4.69, 9.17) is 21.1 Å². The normalized spacial score (nSPS) is 10.1. The predicted octanol–water partition coefficient (Wildman–Crippen LogP) is 3.55. The maximum absolute atomic E-state index is 12.2. The van der Waals surface area contributed by atoms with Crippen LogP contribution in [0.4, 0.5) is 11.4 Å². The van der Waals surface area contributed by atoms with E-state index >= 15 is 0 Å². The fraction of sp³-hybridized carbons (Fsp3) is 0.222. The van der Waals surface area contributed by atoms with Crippen LogP contribution in [0.25, 0.3) is 0 Å². The lowest BCUT2D eigenvalue weighted by molar-refractivity contribution is -0.133. The van der Waals surface area contributed by atoms with Crippen molar-refractivity contribution in [2.45, 2.75) is 13.8 Å². The van der Waals surface area contributed by atoms with Crippen LogP contribution in [0.2, 0.25) is 5.02 Å². The topological polar surface area (TPSA) is 76.7 Å². The van der Waals surface area contributed by atoms with Crippen molar-refractivity contribution >= 4 is 34.8 Å². The van der Waals surface area contributed by atoms with Gasteiger partial charge in [0.2, 0.25) is 0 Å². The standard InChI is InChI=1S/C18H19ClN2O4/c1-10-6-5-7-11(2)16(10)21-18(23)17(22)20-13-9-14(24-3)12(19)8-15(13)25-4/h5-9H,1-4H3,(H,20,22)(H,21,23). The molecule has 0 fully saturated rings. The summed E-state index contributed by atoms with van der Waals surface area (Å²) in [5, 5.41) is 5.47. The minimum Gasteiger partial charge on any atom is -0.495 e. The van der Waals surface area contributed by atoms with Crippen LogP contribution in [0.1, 0.15) is 11.1 Å². The molecule has 0 aromatic heterocycles. The lowest BCUT2D eigenvalue weighted by Gasteiger charge is -2.14. The largest absolute Gasteiger partial charge is 0.495 e. The van der Waals surface area contributed by atoms with Crippen LogP contribution in [0, 0.1) is 13.8 Å². The number of benzene rings is 2. The molecule has 7 heteroatoms. The third-order valence-corrected chi connectivity index (χ3v) is 3.94. The highest BCUT2D eigenvalue weighted by Gasteiger charge is 2.19. The number of aryl methyl sites for hydroxylation is 2. The van der Waals surface area contributed by atoms with Crippen molar-refractivity contribution in [3.8, 4) is 11.5 Å². The van der Waals surface area contributed by atoms with Gasteiger partial charge in [-0.2, -0.15) is 0 Å². The highest BCUT2D eigenvalue weighted by atomic mass is 35.5. The van der Waals surface area contributed by atoms with Gasteiger partial charge in [0.25, 0.3) is 0 Å². The first-order valence-electron chi connectivity index (χ1n) is 7.47. The smallest absolute Gasteiger partial charge is 0.314 e. The molecular weight excluding hydrogens is 344 g/mol. The molecular formula is C18H19ClN2O4. The number of ether oxygens (including phenoxy) is 2. The Labute approximate surface area is 151 Å². The van der Waals surface area contributed by atoms with E-state index in [2.05, 4.69) is 10.6 Å². The number of hydrogen-bond donors (Lipinski definition) is 2. The number of para-hydroxylation sites is 1. The van der Waals surface area contributed by atoms with Gasteiger partial charge in [0.1, 0.15) is 11.5 Å². The number of carbonyl (C=O) groups excluding carboxylic acids is 2. The van der Waals surface area contributed by atoms with E-state index in [9.17, 15) is 9.59 Å². The van der Waals surface area contributed by atoms with Crippen LogP contribution < -0.4 is 20.1 Å². The van der Waals surface area contributed by atoms with E-state index in [-0.39, 0.29) is 5.69 Å². The van der Waals surface area contributed by atoms with Crippen LogP contribution in [-0.2, 0) is 9.59 Å². The molecule has 0 saturated carbocycles. The third kappa shape index (κ3) is 4.22. The number of halogens is 1. The third-order valence-electron chi connectivity index (χ3n) is 3.65. The minimum absolute atomic E-state index is 0.283. The van der Waals surface area contributed by atoms with E-state index < -0.39 is 11.8 Å². The Bertz CT molecular complexity index is 801. The highest BCUT2D eigenvalue weighted by Crippen LogP contribution is 2.35. The van der Waals surface area contributed by atoms with Gasteiger partial charge in [-0.1, -0.05) is 29.8 Å². The Morgan fingerprint density at radius 2 is 1.48 bits per heavy atom. The zero-order valence-electron chi connectivity index (χ0n) is 14.4. The summed E-state index contributed by atoms with van der Waals surface area (Å²) in [6.45, 7) is 3.71. The molecule has 2 N–H and O–H groups in total. The lowest BCUT2D eigenvalue weighted by Crippen LogP contribution is -2.29. The summed E-state index contributed by atoms with van der Waals surface area (Å²) in [7, 11) is 2.89. The van der Waals surface area contributed by atoms with Crippen LogP contribution in [-0.4, -0.2) is 26.0 Å². The molecule has 0 bridgehead atoms. The van der Waals surface area contributed by atoms with Crippen LogP contribution in [0.15, 0.2) is 30.3 Å². The summed E-state index contributed by atoms with van der Waals surface area (Å²) in [5.74, 6) is -0.939. The van der Waals surface area contributed by atoms with Crippen molar-refractivity contribution < 1.29 is 19.1 Å². The molecule has 0 heterocycles. The Kier molecular flexibility index (Phi) is 5.88. The second-order valence-electron chi connectivity index (χ2n) is 5.36. The molecule has 0 atom stereocenters. The van der Waals surface area contributed by atoms with Gasteiger partial charge in [0.15, 0.2) is 0 Å². The quantitative estimate of drug-likeness (QED) is 0.815. The second kappa shape index (κ2) is 7.90. The molecule has 0 spiro atoms. The Morgan fingerprint density at radius 3 is 2.04 bits per heavy atom. The van der Waals surface area contributed by atoms with E-state index in [1.165, 1.54) is 26.4 Å². The van der Waals surface area contributed by atoms with Gasteiger partial charge in [-0.15, -0.1) is 0 Å². The molecule has 0 aliphatic heterocycles. The first-order chi connectivity index (χ1) is 11.9. The van der Waals surface area contributed by atoms with E-state index in [1.807, 2.05) is 32.0 Å². The number of methoxy groups -OCH3 is 2. The van der Waals surface area contributed by atoms with Gasteiger partial charge in [-0.3, -0.25) is 9.59 Å². The summed E-state index contributed by atoms with van der Waals surface area (Å²) in [6, 6.07) is 8.58. The maximum Gasteiger partial charge on any atom is 0.314 e. The number of rotatable bonds is 4. The summed E-state index contributed by atoms with van der Waals surface area (Å²) in [6.07, 6.45) is 0. The predicted molar refractivity (Wildman–Crippen MR) is 97.7 cm³/mol. The minimum atomic E-state index is -0.828. The van der Waals surface area contributed by atoms with Gasteiger partial charge in [0, 0.05) is 17.8 Å². The molecule has 0 aliphatic rings. The van der Waals surface area contributed by atoms with Gasteiger partial charge in [0.05, 0.1) is 24.9 Å². The van der Waals surface area contributed by atoms with Gasteiger partial charge >= 0.3 is 11.8 Å². The van der Waals surface area contributed by atoms with Crippen molar-refractivity contribution in [3.05, 3.63) is 46.5 Å². The number of nitrogens with one attached hydrogen (secondary N) is 2. The molecule has 132 valence electrons. The molecule has 0 radical (unpaired) electrons. The van der Waals surface area contributed by atoms with Crippen molar-refractivity contribution in [3.63, 3.8) is 0 Å². The zero-order valence-corrected chi connectivity index (χ0v) is 15.2. The fourth-order valence-electron chi connectivity index (χ4n) is 2.32. The second-order valence-corrected chi connectivity index (χ2v) is 5.77. The van der Waals surface area contributed by atoms with Gasteiger partial charge < -0.3 is 20.1 Å². The average Bonchev–Trinajstić information content (AvgIpc) is 2.59. The summed E-state index contributed by atoms with van der Waals surface area (Å²) >= 11 is 6.02. The van der Waals surface area contributed by atoms with E-state index in [1.54, 1.807) is 0 Å². The van der Waals surface area contributed by atoms with Gasteiger partial charge in [-0.05, 0) is 25.0 Å². The van der Waals surface area contributed by atoms with Crippen molar-refractivity contribution in [2.75, 3.05) is 24.9 Å². The Balaban J connectivity index is 2.20. The Hall–Kier alpha value is -2.73. The zero-order chi connectivity index (χ0) is 18.6. The number of anilines is 2. The summed E-state index contributed by atoms with van der Waals surface area (Å²) in [5.41, 5.74) is 2.63. The van der Waals surface area contributed by atoms with Crippen LogP contribution in [0.3, 0.4) is 0 Å². The first-order valence-corrected chi connectivity index (χ1v) is 7.85. The molecule has 25 heavy (non-hydrogen) atoms. The molecule has 0 aliphatic carbocycles. The van der Waals surface area contributed by atoms with E-state index in [0.717, 1.165) is 11.1 Å². The van der Waals surface area contributed by atoms with Crippen molar-refractivity contribution in [2.24, 2.45) is 0 Å². The number of amides is 2. The van der Waals surface area contributed by atoms with Crippen LogP contribution >= 0.6 is 11.6 Å². The lowest BCUT2D eigenvalue weighted by atomic mass is 10.1. The van der Waals surface area contributed by atoms with Gasteiger partial charge in [-0.25, -0.2) is 0 Å². The van der Waals surface area contributed by atoms with E-state index in [0.29, 0.717) is 22.2 Å². The fourth-order valence-corrected chi connectivity index (χ4v) is 2.55. The number of carbonyl (C=O) groups is 2. The summed E-state index contributed by atoms with van der Waals surface area (Å²) < 4.78 is 10.3. The average molecular weight is 363 g/mol. The monoisotopic (exact) mass is 362 g/mol. The first kappa shape index (κ1) is 18.6. The maximum atomic E-state index is 12.2. The molecule has 2 amide bonds. The molecule has 0 saturated heterocycles. The molecule has 0 unspecified atom stereocenters. The molecule has 6 nitrogen and oxygen atoms in total. The van der Waals surface area contributed by atoms with Crippen LogP contribution in [0.5, 0.6) is 11.5 Å². The molecule has 2 aromatic rings. The highest BCUT2D eigenvalue weighted by molar-refractivity contribution is 6.44.